The third-order valence-electron chi connectivity index (χ3n) is 7.35. The number of likely N-dealkylation sites (tertiary alicyclic amines) is 1. The van der Waals surface area contributed by atoms with Gasteiger partial charge in [-0.15, -0.1) is 0 Å². The van der Waals surface area contributed by atoms with E-state index in [1.54, 1.807) is 4.90 Å². The van der Waals surface area contributed by atoms with Crippen molar-refractivity contribution in [3.63, 3.8) is 0 Å². The van der Waals surface area contributed by atoms with E-state index in [9.17, 15) is 19.2 Å². The summed E-state index contributed by atoms with van der Waals surface area (Å²) in [5.74, 6) is 0.772. The number of hydrogen-bond acceptors (Lipinski definition) is 5. The van der Waals surface area contributed by atoms with Crippen LogP contribution in [0.3, 0.4) is 0 Å². The van der Waals surface area contributed by atoms with E-state index in [4.69, 9.17) is 4.74 Å². The van der Waals surface area contributed by atoms with Crippen molar-refractivity contribution < 1.29 is 23.9 Å². The number of nitrogens with zero attached hydrogens (tertiary/aromatic N) is 1. The molecule has 5 rings (SSSR count). The Morgan fingerprint density at radius 3 is 2.21 bits per heavy atom. The first-order valence-corrected chi connectivity index (χ1v) is 10.8. The second-order valence-electron chi connectivity index (χ2n) is 9.41. The Hall–Kier alpha value is -2.12. The summed E-state index contributed by atoms with van der Waals surface area (Å²) in [6, 6.07) is -0.595. The van der Waals surface area contributed by atoms with E-state index in [0.29, 0.717) is 30.7 Å². The highest BCUT2D eigenvalue weighted by molar-refractivity contribution is 5.90. The molecule has 1 heterocycles. The SMILES string of the molecule is CNC(=O)CNC(=O)COC(=O)[C@H]1CCCN1C(=O)C12CC3CC(CC(C3)C1)C2. The third-order valence-corrected chi connectivity index (χ3v) is 7.35. The monoisotopic (exact) mass is 405 g/mol. The number of carbonyl (C=O) groups is 4. The summed E-state index contributed by atoms with van der Waals surface area (Å²) in [5, 5.41) is 4.79. The normalized spacial score (nSPS) is 34.7. The third kappa shape index (κ3) is 3.98. The summed E-state index contributed by atoms with van der Waals surface area (Å²) < 4.78 is 5.18. The van der Waals surface area contributed by atoms with Crippen LogP contribution in [-0.2, 0) is 23.9 Å². The van der Waals surface area contributed by atoms with Crippen LogP contribution < -0.4 is 10.6 Å². The zero-order valence-corrected chi connectivity index (χ0v) is 17.1. The highest BCUT2D eigenvalue weighted by Gasteiger charge is 2.57. The van der Waals surface area contributed by atoms with E-state index in [1.165, 1.54) is 26.3 Å². The predicted molar refractivity (Wildman–Crippen MR) is 103 cm³/mol. The number of ether oxygens (including phenoxy) is 1. The minimum Gasteiger partial charge on any atom is -0.454 e. The van der Waals surface area contributed by atoms with Gasteiger partial charge in [0.05, 0.1) is 12.0 Å². The molecule has 4 saturated carbocycles. The second kappa shape index (κ2) is 7.95. The predicted octanol–water partition coefficient (Wildman–Crippen LogP) is 0.599. The maximum absolute atomic E-state index is 13.6. The number of hydrogen-bond donors (Lipinski definition) is 2. The molecule has 0 aromatic rings. The zero-order chi connectivity index (χ0) is 20.6. The molecule has 160 valence electrons. The van der Waals surface area contributed by atoms with E-state index in [-0.39, 0.29) is 23.8 Å². The van der Waals surface area contributed by atoms with E-state index >= 15 is 0 Å². The molecule has 1 aliphatic heterocycles. The summed E-state index contributed by atoms with van der Waals surface area (Å²) in [4.78, 5) is 50.8. The van der Waals surface area contributed by atoms with Crippen LogP contribution in [0.5, 0.6) is 0 Å². The van der Waals surface area contributed by atoms with Crippen LogP contribution in [0.15, 0.2) is 0 Å². The zero-order valence-electron chi connectivity index (χ0n) is 17.1. The molecule has 3 amide bonds. The maximum Gasteiger partial charge on any atom is 0.329 e. The molecule has 4 bridgehead atoms. The molecule has 29 heavy (non-hydrogen) atoms. The van der Waals surface area contributed by atoms with Crippen molar-refractivity contribution in [2.45, 2.75) is 57.4 Å². The van der Waals surface area contributed by atoms with Gasteiger partial charge in [0.15, 0.2) is 6.61 Å². The maximum atomic E-state index is 13.6. The second-order valence-corrected chi connectivity index (χ2v) is 9.41. The molecule has 0 aromatic carbocycles. The van der Waals surface area contributed by atoms with Crippen molar-refractivity contribution in [1.82, 2.24) is 15.5 Å². The Labute approximate surface area is 171 Å². The lowest BCUT2D eigenvalue weighted by Gasteiger charge is -2.56. The smallest absolute Gasteiger partial charge is 0.329 e. The molecule has 8 nitrogen and oxygen atoms in total. The molecule has 0 unspecified atom stereocenters. The molecular weight excluding hydrogens is 374 g/mol. The van der Waals surface area contributed by atoms with Crippen molar-refractivity contribution in [3.8, 4) is 0 Å². The fraction of sp³-hybridized carbons (Fsp3) is 0.810. The highest BCUT2D eigenvalue weighted by atomic mass is 16.5. The lowest BCUT2D eigenvalue weighted by molar-refractivity contribution is -0.166. The van der Waals surface area contributed by atoms with E-state index in [0.717, 1.165) is 25.7 Å². The van der Waals surface area contributed by atoms with E-state index in [1.807, 2.05) is 0 Å². The Morgan fingerprint density at radius 2 is 1.62 bits per heavy atom. The first-order valence-electron chi connectivity index (χ1n) is 10.8. The molecule has 5 fully saturated rings. The van der Waals surface area contributed by atoms with Gasteiger partial charge >= 0.3 is 5.97 Å². The molecule has 4 aliphatic carbocycles. The van der Waals surface area contributed by atoms with Crippen LogP contribution in [0.4, 0.5) is 0 Å². The van der Waals surface area contributed by atoms with Gasteiger partial charge in [0.25, 0.3) is 5.91 Å². The standard InChI is InChI=1S/C21H31N3O5/c1-22-17(25)11-23-18(26)12-29-19(27)16-3-2-4-24(16)20(28)21-8-13-5-14(9-21)7-15(6-13)10-21/h13-16H,2-12H2,1H3,(H,22,25)(H,23,26)/t13?,14?,15?,16-,21?/m1/s1. The lowest BCUT2D eigenvalue weighted by Crippen LogP contribution is -2.56. The van der Waals surface area contributed by atoms with Gasteiger partial charge in [0.2, 0.25) is 11.8 Å². The van der Waals surface area contributed by atoms with Crippen molar-refractivity contribution in [1.29, 1.82) is 0 Å². The molecule has 1 atom stereocenters. The Kier molecular flexibility index (Phi) is 5.53. The van der Waals surface area contributed by atoms with Crippen molar-refractivity contribution >= 4 is 23.7 Å². The average Bonchev–Trinajstić information content (AvgIpc) is 3.18. The molecule has 0 radical (unpaired) electrons. The molecule has 8 heteroatoms. The number of likely N-dealkylation sites (N-methyl/N-ethyl adjacent to an activating group) is 1. The van der Waals surface area contributed by atoms with Gasteiger partial charge in [-0.1, -0.05) is 0 Å². The van der Waals surface area contributed by atoms with Gasteiger partial charge in [-0.05, 0) is 69.1 Å². The number of nitrogens with one attached hydrogen (secondary N) is 2. The van der Waals surface area contributed by atoms with Gasteiger partial charge in [-0.3, -0.25) is 14.4 Å². The van der Waals surface area contributed by atoms with Crippen LogP contribution in [0.2, 0.25) is 0 Å². The van der Waals surface area contributed by atoms with Crippen molar-refractivity contribution in [3.05, 3.63) is 0 Å². The molecule has 1 saturated heterocycles. The number of carbonyl (C=O) groups excluding carboxylic acids is 4. The molecule has 5 aliphatic rings. The van der Waals surface area contributed by atoms with Gasteiger partial charge in [0, 0.05) is 13.6 Å². The molecule has 0 aromatic heterocycles. The largest absolute Gasteiger partial charge is 0.454 e. The molecular formula is C21H31N3O5. The summed E-state index contributed by atoms with van der Waals surface area (Å²) in [6.07, 6.45) is 8.07. The fourth-order valence-corrected chi connectivity index (χ4v) is 6.48. The Balaban J connectivity index is 1.34. The van der Waals surface area contributed by atoms with Gasteiger partial charge < -0.3 is 20.3 Å². The van der Waals surface area contributed by atoms with Crippen molar-refractivity contribution in [2.75, 3.05) is 26.7 Å². The van der Waals surface area contributed by atoms with Crippen molar-refractivity contribution in [2.24, 2.45) is 23.2 Å². The van der Waals surface area contributed by atoms with Crippen LogP contribution in [0.1, 0.15) is 51.4 Å². The summed E-state index contributed by atoms with van der Waals surface area (Å²) in [7, 11) is 1.48. The van der Waals surface area contributed by atoms with E-state index < -0.39 is 24.5 Å². The Morgan fingerprint density at radius 1 is 1.00 bits per heavy atom. The number of rotatable bonds is 6. The van der Waals surface area contributed by atoms with Gasteiger partial charge in [0.1, 0.15) is 6.04 Å². The summed E-state index contributed by atoms with van der Waals surface area (Å²) in [5.41, 5.74) is -0.275. The van der Waals surface area contributed by atoms with Gasteiger partial charge in [-0.25, -0.2) is 4.79 Å². The minimum absolute atomic E-state index is 0.139. The minimum atomic E-state index is -0.595. The summed E-state index contributed by atoms with van der Waals surface area (Å²) >= 11 is 0. The number of amides is 3. The van der Waals surface area contributed by atoms with E-state index in [2.05, 4.69) is 10.6 Å². The molecule has 2 N–H and O–H groups in total. The lowest BCUT2D eigenvalue weighted by atomic mass is 9.49. The first kappa shape index (κ1) is 20.2. The topological polar surface area (TPSA) is 105 Å². The van der Waals surface area contributed by atoms with Crippen LogP contribution >= 0.6 is 0 Å². The summed E-state index contributed by atoms with van der Waals surface area (Å²) in [6.45, 7) is -0.0120. The van der Waals surface area contributed by atoms with Crippen LogP contribution in [0.25, 0.3) is 0 Å². The van der Waals surface area contributed by atoms with Crippen LogP contribution in [0, 0.1) is 23.2 Å². The fourth-order valence-electron chi connectivity index (χ4n) is 6.48. The Bertz CT molecular complexity index is 671. The van der Waals surface area contributed by atoms with Crippen LogP contribution in [-0.4, -0.2) is 61.4 Å². The number of esters is 1. The molecule has 0 spiro atoms. The highest BCUT2D eigenvalue weighted by Crippen LogP contribution is 2.60. The first-order chi connectivity index (χ1) is 13.9. The quantitative estimate of drug-likeness (QED) is 0.630. The average molecular weight is 405 g/mol. The van der Waals surface area contributed by atoms with Gasteiger partial charge in [-0.2, -0.15) is 0 Å².